The first-order chi connectivity index (χ1) is 14.3. The van der Waals surface area contributed by atoms with E-state index in [1.54, 1.807) is 19.1 Å². The van der Waals surface area contributed by atoms with E-state index in [9.17, 15) is 16.8 Å². The van der Waals surface area contributed by atoms with Crippen LogP contribution >= 0.6 is 0 Å². The molecule has 1 heterocycles. The van der Waals surface area contributed by atoms with Crippen LogP contribution in [0.5, 0.6) is 11.5 Å². The first-order valence-electron chi connectivity index (χ1n) is 9.30. The van der Waals surface area contributed by atoms with Crippen molar-refractivity contribution in [3.63, 3.8) is 0 Å². The Bertz CT molecular complexity index is 1100. The second-order valence-electron chi connectivity index (χ2n) is 6.36. The van der Waals surface area contributed by atoms with Crippen molar-refractivity contribution in [2.75, 3.05) is 44.7 Å². The van der Waals surface area contributed by atoms with E-state index in [2.05, 4.69) is 4.72 Å². The molecule has 0 spiro atoms. The van der Waals surface area contributed by atoms with Gasteiger partial charge in [-0.2, -0.15) is 4.31 Å². The third kappa shape index (κ3) is 4.69. The van der Waals surface area contributed by atoms with Crippen LogP contribution < -0.4 is 14.2 Å². The number of anilines is 1. The predicted molar refractivity (Wildman–Crippen MR) is 111 cm³/mol. The summed E-state index contributed by atoms with van der Waals surface area (Å²) in [6.07, 6.45) is 0. The number of sulfonamides is 2. The van der Waals surface area contributed by atoms with Gasteiger partial charge in [0.25, 0.3) is 10.0 Å². The number of benzene rings is 2. The van der Waals surface area contributed by atoms with E-state index in [1.807, 2.05) is 0 Å². The topological polar surface area (TPSA) is 111 Å². The number of rotatable bonds is 8. The summed E-state index contributed by atoms with van der Waals surface area (Å²) in [6, 6.07) is 10.3. The number of hydrogen-bond acceptors (Lipinski definition) is 7. The van der Waals surface area contributed by atoms with Crippen molar-refractivity contribution < 1.29 is 31.0 Å². The lowest BCUT2D eigenvalue weighted by molar-refractivity contribution is 0.0730. The number of nitrogens with one attached hydrogen (secondary N) is 1. The van der Waals surface area contributed by atoms with Crippen LogP contribution in [0.2, 0.25) is 0 Å². The van der Waals surface area contributed by atoms with Crippen molar-refractivity contribution in [3.05, 3.63) is 42.5 Å². The molecule has 2 aromatic carbocycles. The Kier molecular flexibility index (Phi) is 6.86. The fourth-order valence-corrected chi connectivity index (χ4v) is 5.67. The maximum absolute atomic E-state index is 13.0. The van der Waals surface area contributed by atoms with Gasteiger partial charge in [0.05, 0.1) is 37.5 Å². The Labute approximate surface area is 176 Å². The van der Waals surface area contributed by atoms with Gasteiger partial charge in [0, 0.05) is 13.1 Å². The van der Waals surface area contributed by atoms with E-state index in [0.717, 1.165) is 0 Å². The van der Waals surface area contributed by atoms with Gasteiger partial charge in [-0.05, 0) is 37.3 Å². The van der Waals surface area contributed by atoms with Crippen LogP contribution in [-0.4, -0.2) is 61.2 Å². The third-order valence-corrected chi connectivity index (χ3v) is 7.76. The van der Waals surface area contributed by atoms with Crippen LogP contribution in [0.15, 0.2) is 52.3 Å². The van der Waals surface area contributed by atoms with Gasteiger partial charge < -0.3 is 14.2 Å². The standard InChI is InChI=1S/C19H24N2O7S2/c1-3-28-17-9-8-15(30(24,25)21-10-12-27-13-11-21)14-16(17)20-29(22,23)19-7-5-4-6-18(19)26-2/h4-9,14,20H,3,10-13H2,1-2H3. The number of methoxy groups -OCH3 is 1. The van der Waals surface area contributed by atoms with Crippen LogP contribution in [0, 0.1) is 0 Å². The quantitative estimate of drug-likeness (QED) is 0.646. The minimum Gasteiger partial charge on any atom is -0.495 e. The third-order valence-electron chi connectivity index (χ3n) is 4.46. The largest absolute Gasteiger partial charge is 0.495 e. The van der Waals surface area contributed by atoms with E-state index in [1.165, 1.54) is 41.7 Å². The van der Waals surface area contributed by atoms with Gasteiger partial charge in [0.15, 0.2) is 0 Å². The second kappa shape index (κ2) is 9.21. The Balaban J connectivity index is 2.01. The van der Waals surface area contributed by atoms with Crippen molar-refractivity contribution >= 4 is 25.7 Å². The van der Waals surface area contributed by atoms with Crippen molar-refractivity contribution in [2.45, 2.75) is 16.7 Å². The average molecular weight is 457 g/mol. The van der Waals surface area contributed by atoms with Gasteiger partial charge in [0.1, 0.15) is 16.4 Å². The number of hydrogen-bond donors (Lipinski definition) is 1. The molecule has 0 bridgehead atoms. The number of morpholine rings is 1. The Morgan fingerprint density at radius 2 is 1.73 bits per heavy atom. The number of ether oxygens (including phenoxy) is 3. The molecule has 0 aromatic heterocycles. The molecule has 30 heavy (non-hydrogen) atoms. The minimum absolute atomic E-state index is 0.0251. The lowest BCUT2D eigenvalue weighted by Gasteiger charge is -2.26. The fraction of sp³-hybridized carbons (Fsp3) is 0.368. The average Bonchev–Trinajstić information content (AvgIpc) is 2.75. The fourth-order valence-electron chi connectivity index (χ4n) is 3.01. The molecule has 164 valence electrons. The molecule has 1 aliphatic rings. The van der Waals surface area contributed by atoms with Gasteiger partial charge in [-0.3, -0.25) is 4.72 Å². The lowest BCUT2D eigenvalue weighted by atomic mass is 10.3. The van der Waals surface area contributed by atoms with E-state index in [-0.39, 0.29) is 46.7 Å². The highest BCUT2D eigenvalue weighted by molar-refractivity contribution is 7.92. The van der Waals surface area contributed by atoms with Crippen LogP contribution in [0.1, 0.15) is 6.92 Å². The normalized spacial score (nSPS) is 15.5. The molecule has 9 nitrogen and oxygen atoms in total. The summed E-state index contributed by atoms with van der Waals surface area (Å²) in [5, 5.41) is 0. The summed E-state index contributed by atoms with van der Waals surface area (Å²) in [5.41, 5.74) is 0.0251. The molecule has 1 saturated heterocycles. The number of para-hydroxylation sites is 1. The molecule has 0 radical (unpaired) electrons. The molecule has 1 aliphatic heterocycles. The second-order valence-corrected chi connectivity index (χ2v) is 9.95. The monoisotopic (exact) mass is 456 g/mol. The van der Waals surface area contributed by atoms with E-state index in [0.29, 0.717) is 13.2 Å². The van der Waals surface area contributed by atoms with Gasteiger partial charge in [-0.25, -0.2) is 16.8 Å². The van der Waals surface area contributed by atoms with E-state index < -0.39 is 20.0 Å². The van der Waals surface area contributed by atoms with Crippen molar-refractivity contribution in [2.24, 2.45) is 0 Å². The van der Waals surface area contributed by atoms with Crippen molar-refractivity contribution in [1.29, 1.82) is 0 Å². The van der Waals surface area contributed by atoms with Crippen LogP contribution in [0.25, 0.3) is 0 Å². The minimum atomic E-state index is -4.07. The van der Waals surface area contributed by atoms with Crippen LogP contribution in [0.4, 0.5) is 5.69 Å². The molecule has 0 atom stereocenters. The summed E-state index contributed by atoms with van der Waals surface area (Å²) in [6.45, 7) is 3.11. The molecule has 0 amide bonds. The Hall–Kier alpha value is -2.34. The molecule has 1 fully saturated rings. The zero-order chi connectivity index (χ0) is 21.8. The zero-order valence-electron chi connectivity index (χ0n) is 16.7. The zero-order valence-corrected chi connectivity index (χ0v) is 18.3. The molecule has 1 N–H and O–H groups in total. The van der Waals surface area contributed by atoms with Crippen molar-refractivity contribution in [3.8, 4) is 11.5 Å². The summed E-state index contributed by atoms with van der Waals surface area (Å²) in [5.74, 6) is 0.386. The smallest absolute Gasteiger partial charge is 0.265 e. The predicted octanol–water partition coefficient (Wildman–Crippen LogP) is 1.92. The molecular formula is C19H24N2O7S2. The Morgan fingerprint density at radius 3 is 2.40 bits per heavy atom. The molecule has 3 rings (SSSR count). The maximum atomic E-state index is 13.0. The first kappa shape index (κ1) is 22.3. The highest BCUT2D eigenvalue weighted by Gasteiger charge is 2.28. The summed E-state index contributed by atoms with van der Waals surface area (Å²) in [7, 11) is -6.51. The summed E-state index contributed by atoms with van der Waals surface area (Å²) >= 11 is 0. The van der Waals surface area contributed by atoms with E-state index >= 15 is 0 Å². The van der Waals surface area contributed by atoms with E-state index in [4.69, 9.17) is 14.2 Å². The SMILES string of the molecule is CCOc1ccc(S(=O)(=O)N2CCOCC2)cc1NS(=O)(=O)c1ccccc1OC. The van der Waals surface area contributed by atoms with Gasteiger partial charge in [0.2, 0.25) is 10.0 Å². The Morgan fingerprint density at radius 1 is 1.03 bits per heavy atom. The summed E-state index contributed by atoms with van der Waals surface area (Å²) in [4.78, 5) is -0.109. The first-order valence-corrected chi connectivity index (χ1v) is 12.2. The molecule has 11 heteroatoms. The highest BCUT2D eigenvalue weighted by Crippen LogP contribution is 2.33. The summed E-state index contributed by atoms with van der Waals surface area (Å²) < 4.78 is 71.5. The molecule has 2 aromatic rings. The van der Waals surface area contributed by atoms with Crippen molar-refractivity contribution in [1.82, 2.24) is 4.31 Å². The lowest BCUT2D eigenvalue weighted by Crippen LogP contribution is -2.40. The molecular weight excluding hydrogens is 432 g/mol. The molecule has 0 saturated carbocycles. The van der Waals surface area contributed by atoms with Gasteiger partial charge in [-0.1, -0.05) is 12.1 Å². The maximum Gasteiger partial charge on any atom is 0.265 e. The molecule has 0 unspecified atom stereocenters. The van der Waals surface area contributed by atoms with Crippen LogP contribution in [0.3, 0.4) is 0 Å². The molecule has 0 aliphatic carbocycles. The van der Waals surface area contributed by atoms with Gasteiger partial charge in [-0.15, -0.1) is 0 Å². The number of nitrogens with zero attached hydrogens (tertiary/aromatic N) is 1. The van der Waals surface area contributed by atoms with Crippen LogP contribution in [-0.2, 0) is 24.8 Å². The highest BCUT2D eigenvalue weighted by atomic mass is 32.2. The van der Waals surface area contributed by atoms with Gasteiger partial charge >= 0.3 is 0 Å².